The second-order valence-corrected chi connectivity index (χ2v) is 10.7. The third kappa shape index (κ3) is 4.66. The first-order valence-corrected chi connectivity index (χ1v) is 13.3. The number of amides is 2. The van der Waals surface area contributed by atoms with Crippen LogP contribution in [0.2, 0.25) is 0 Å². The van der Waals surface area contributed by atoms with Crippen molar-refractivity contribution < 1.29 is 9.59 Å². The number of anilines is 2. The number of hydrogen-bond donors (Lipinski definition) is 2. The number of nitrogens with zero attached hydrogens (tertiary/aromatic N) is 6. The van der Waals surface area contributed by atoms with E-state index in [0.717, 1.165) is 62.6 Å². The molecular weight excluding hydrogens is 468 g/mol. The number of fused-ring (bicyclic) bond motifs is 3. The van der Waals surface area contributed by atoms with Crippen molar-refractivity contribution in [3.05, 3.63) is 41.9 Å². The molecule has 3 fully saturated rings. The van der Waals surface area contributed by atoms with Crippen LogP contribution in [-0.4, -0.2) is 80.4 Å². The molecule has 2 bridgehead atoms. The van der Waals surface area contributed by atoms with Gasteiger partial charge in [-0.3, -0.25) is 9.59 Å². The molecular formula is C27H34N8O2. The van der Waals surface area contributed by atoms with Gasteiger partial charge in [0.15, 0.2) is 0 Å². The fraction of sp³-hybridized carbons (Fsp3) is 0.519. The Bertz CT molecular complexity index is 1310. The maximum absolute atomic E-state index is 13.1. The fourth-order valence-electron chi connectivity index (χ4n) is 6.01. The number of rotatable bonds is 5. The van der Waals surface area contributed by atoms with Gasteiger partial charge in [-0.15, -0.1) is 0 Å². The topological polar surface area (TPSA) is 108 Å². The third-order valence-electron chi connectivity index (χ3n) is 7.95. The smallest absolute Gasteiger partial charge is 0.270 e. The van der Waals surface area contributed by atoms with E-state index >= 15 is 0 Å². The summed E-state index contributed by atoms with van der Waals surface area (Å²) in [6, 6.07) is 6.68. The van der Waals surface area contributed by atoms with E-state index in [9.17, 15) is 9.59 Å². The fourth-order valence-corrected chi connectivity index (χ4v) is 6.01. The number of likely N-dealkylation sites (tertiary alicyclic amines) is 1. The van der Waals surface area contributed by atoms with Gasteiger partial charge < -0.3 is 25.0 Å². The normalized spacial score (nSPS) is 21.8. The van der Waals surface area contributed by atoms with Crippen LogP contribution in [-0.2, 0) is 0 Å². The Morgan fingerprint density at radius 3 is 2.59 bits per heavy atom. The number of carbonyl (C=O) groups is 2. The van der Waals surface area contributed by atoms with Crippen LogP contribution in [0.25, 0.3) is 11.0 Å². The first-order chi connectivity index (χ1) is 18.0. The van der Waals surface area contributed by atoms with Gasteiger partial charge in [0.05, 0.1) is 5.56 Å². The molecule has 2 N–H and O–H groups in total. The van der Waals surface area contributed by atoms with E-state index in [2.05, 4.69) is 25.2 Å². The number of nitrogens with one attached hydrogen (secondary N) is 2. The Hall–Kier alpha value is -3.53. The average molecular weight is 503 g/mol. The summed E-state index contributed by atoms with van der Waals surface area (Å²) in [7, 11) is 3.54. The van der Waals surface area contributed by atoms with Gasteiger partial charge in [0.2, 0.25) is 5.95 Å². The molecule has 10 heteroatoms. The highest BCUT2D eigenvalue weighted by Gasteiger charge is 2.31. The molecule has 0 spiro atoms. The molecule has 2 aliphatic heterocycles. The number of carbonyl (C=O) groups excluding carboxylic acids is 2. The summed E-state index contributed by atoms with van der Waals surface area (Å²) in [4.78, 5) is 43.3. The maximum Gasteiger partial charge on any atom is 0.270 e. The summed E-state index contributed by atoms with van der Waals surface area (Å²) in [5.41, 5.74) is 1.99. The molecule has 0 unspecified atom stereocenters. The molecule has 3 aliphatic rings. The van der Waals surface area contributed by atoms with Crippen LogP contribution < -0.4 is 10.6 Å². The lowest BCUT2D eigenvalue weighted by Gasteiger charge is -2.24. The Balaban J connectivity index is 1.22. The monoisotopic (exact) mass is 502 g/mol. The van der Waals surface area contributed by atoms with Crippen LogP contribution in [0.4, 0.5) is 11.8 Å². The Morgan fingerprint density at radius 2 is 1.84 bits per heavy atom. The van der Waals surface area contributed by atoms with Crippen molar-refractivity contribution in [2.75, 3.05) is 32.5 Å². The average Bonchev–Trinajstić information content (AvgIpc) is 3.62. The summed E-state index contributed by atoms with van der Waals surface area (Å²) >= 11 is 0. The van der Waals surface area contributed by atoms with Crippen LogP contribution in [0.3, 0.4) is 0 Å². The lowest BCUT2D eigenvalue weighted by molar-refractivity contribution is 0.0747. The molecule has 2 saturated heterocycles. The zero-order valence-electron chi connectivity index (χ0n) is 21.5. The van der Waals surface area contributed by atoms with Crippen molar-refractivity contribution in [1.82, 2.24) is 34.6 Å². The second kappa shape index (κ2) is 9.74. The number of pyridine rings is 1. The van der Waals surface area contributed by atoms with E-state index in [1.807, 2.05) is 17.0 Å². The van der Waals surface area contributed by atoms with Gasteiger partial charge in [-0.1, -0.05) is 12.8 Å². The molecule has 1 saturated carbocycles. The minimum Gasteiger partial charge on any atom is -0.343 e. The molecule has 2 atom stereocenters. The van der Waals surface area contributed by atoms with Gasteiger partial charge in [0, 0.05) is 63.1 Å². The molecule has 2 amide bonds. The molecule has 0 radical (unpaired) electrons. The van der Waals surface area contributed by atoms with Gasteiger partial charge in [-0.25, -0.2) is 9.97 Å². The quantitative estimate of drug-likeness (QED) is 0.551. The predicted molar refractivity (Wildman–Crippen MR) is 141 cm³/mol. The summed E-state index contributed by atoms with van der Waals surface area (Å²) in [6.45, 7) is 1.53. The van der Waals surface area contributed by atoms with Crippen LogP contribution in [0.5, 0.6) is 0 Å². The Labute approximate surface area is 216 Å². The van der Waals surface area contributed by atoms with E-state index in [4.69, 9.17) is 4.98 Å². The Kier molecular flexibility index (Phi) is 6.27. The van der Waals surface area contributed by atoms with E-state index in [0.29, 0.717) is 35.1 Å². The highest BCUT2D eigenvalue weighted by molar-refractivity contribution is 5.98. The lowest BCUT2D eigenvalue weighted by Crippen LogP contribution is -2.39. The van der Waals surface area contributed by atoms with E-state index < -0.39 is 0 Å². The second-order valence-electron chi connectivity index (χ2n) is 10.7. The molecule has 0 aromatic carbocycles. The molecule has 1 aliphatic carbocycles. The zero-order chi connectivity index (χ0) is 25.5. The largest absolute Gasteiger partial charge is 0.343 e. The molecule has 3 aromatic heterocycles. The van der Waals surface area contributed by atoms with Crippen molar-refractivity contribution in [1.29, 1.82) is 0 Å². The minimum absolute atomic E-state index is 0.0264. The van der Waals surface area contributed by atoms with E-state index in [1.54, 1.807) is 37.5 Å². The van der Waals surface area contributed by atoms with E-state index in [-0.39, 0.29) is 17.9 Å². The van der Waals surface area contributed by atoms with Gasteiger partial charge in [0.25, 0.3) is 11.8 Å². The van der Waals surface area contributed by atoms with Crippen molar-refractivity contribution >= 4 is 34.6 Å². The van der Waals surface area contributed by atoms with Gasteiger partial charge in [-0.2, -0.15) is 4.98 Å². The Morgan fingerprint density at radius 1 is 1.03 bits per heavy atom. The summed E-state index contributed by atoms with van der Waals surface area (Å²) in [6.07, 6.45) is 11.1. The van der Waals surface area contributed by atoms with Crippen LogP contribution in [0, 0.1) is 0 Å². The summed E-state index contributed by atoms with van der Waals surface area (Å²) in [5.74, 6) is 0.971. The maximum atomic E-state index is 13.1. The standard InChI is InChI=1S/C27H34N8O2/c1-33(2)26(37)22-13-18-15-29-27(32-24(18)35(22)21-5-3-4-6-21)31-23-10-7-17(14-28-23)25(36)34-12-11-19-8-9-20(16-34)30-19/h7,10,13-15,19-21,30H,3-6,8-9,11-12,16H2,1-2H3,(H,28,29,31,32)/t19-,20+/m1/s1. The van der Waals surface area contributed by atoms with E-state index in [1.165, 1.54) is 6.42 Å². The number of hydrogen-bond acceptors (Lipinski definition) is 7. The highest BCUT2D eigenvalue weighted by Crippen LogP contribution is 2.35. The van der Waals surface area contributed by atoms with Crippen LogP contribution >= 0.6 is 0 Å². The molecule has 10 nitrogen and oxygen atoms in total. The first-order valence-electron chi connectivity index (χ1n) is 13.3. The van der Waals surface area contributed by atoms with Crippen molar-refractivity contribution in [2.24, 2.45) is 0 Å². The SMILES string of the molecule is CN(C)C(=O)c1cc2cnc(Nc3ccc(C(=O)N4CC[C@H]5CC[C@@H](C4)N5)cn3)nc2n1C1CCCC1. The molecule has 3 aromatic rings. The van der Waals surface area contributed by atoms with Crippen molar-refractivity contribution in [3.8, 4) is 0 Å². The van der Waals surface area contributed by atoms with Crippen molar-refractivity contribution in [3.63, 3.8) is 0 Å². The molecule has 5 heterocycles. The minimum atomic E-state index is -0.0330. The summed E-state index contributed by atoms with van der Waals surface area (Å²) in [5, 5.41) is 7.64. The van der Waals surface area contributed by atoms with Gasteiger partial charge in [-0.05, 0) is 50.3 Å². The molecule has 6 rings (SSSR count). The van der Waals surface area contributed by atoms with Crippen LogP contribution in [0.15, 0.2) is 30.6 Å². The van der Waals surface area contributed by atoms with Crippen molar-refractivity contribution in [2.45, 2.75) is 63.1 Å². The first kappa shape index (κ1) is 23.8. The lowest BCUT2D eigenvalue weighted by atomic mass is 10.1. The predicted octanol–water partition coefficient (Wildman–Crippen LogP) is 3.35. The third-order valence-corrected chi connectivity index (χ3v) is 7.95. The summed E-state index contributed by atoms with van der Waals surface area (Å²) < 4.78 is 2.09. The highest BCUT2D eigenvalue weighted by atomic mass is 16.2. The van der Waals surface area contributed by atoms with Gasteiger partial charge in [0.1, 0.15) is 17.2 Å². The molecule has 37 heavy (non-hydrogen) atoms. The van der Waals surface area contributed by atoms with Crippen LogP contribution in [0.1, 0.15) is 71.8 Å². The zero-order valence-corrected chi connectivity index (χ0v) is 21.5. The number of aromatic nitrogens is 4. The van der Waals surface area contributed by atoms with Gasteiger partial charge >= 0.3 is 0 Å². The molecule has 194 valence electrons.